The average molecular weight is 253 g/mol. The fraction of sp³-hybridized carbons (Fsp3) is 0.462. The number of aromatic hydroxyl groups is 1. The number of aryl methyl sites for hydroxylation is 1. The molecule has 0 saturated heterocycles. The minimum Gasteiger partial charge on any atom is -0.507 e. The summed E-state index contributed by atoms with van der Waals surface area (Å²) in [6.07, 6.45) is -0.527. The van der Waals surface area contributed by atoms with Gasteiger partial charge in [-0.25, -0.2) is 0 Å². The molecule has 5 nitrogen and oxygen atoms in total. The van der Waals surface area contributed by atoms with Crippen molar-refractivity contribution in [2.45, 2.75) is 26.2 Å². The number of hydrogen-bond donors (Lipinski definition) is 2. The van der Waals surface area contributed by atoms with Gasteiger partial charge in [-0.3, -0.25) is 4.79 Å². The molecular weight excluding hydrogens is 234 g/mol. The van der Waals surface area contributed by atoms with E-state index in [0.29, 0.717) is 5.56 Å². The lowest BCUT2D eigenvalue weighted by molar-refractivity contribution is -0.117. The summed E-state index contributed by atoms with van der Waals surface area (Å²) in [5.41, 5.74) is 0.901. The fourth-order valence-electron chi connectivity index (χ4n) is 1.70. The van der Waals surface area contributed by atoms with E-state index < -0.39 is 6.29 Å². The Morgan fingerprint density at radius 2 is 1.94 bits per heavy atom. The molecule has 0 saturated carbocycles. The molecule has 100 valence electrons. The third kappa shape index (κ3) is 3.21. The fourth-order valence-corrected chi connectivity index (χ4v) is 1.70. The molecule has 2 N–H and O–H groups in total. The number of carbonyl (C=O) groups is 1. The standard InChI is InChI=1S/C13H19NO4/c1-8-6-5-7-10(11(8)15)12(16)14-9(2)13(17-3)18-4/h5-7,9,13,15H,1-4H3,(H,14,16). The van der Waals surface area contributed by atoms with Gasteiger partial charge in [0.15, 0.2) is 6.29 Å². The summed E-state index contributed by atoms with van der Waals surface area (Å²) < 4.78 is 10.1. The summed E-state index contributed by atoms with van der Waals surface area (Å²) in [6.45, 7) is 3.51. The zero-order valence-corrected chi connectivity index (χ0v) is 11.1. The quantitative estimate of drug-likeness (QED) is 0.779. The molecule has 5 heteroatoms. The first kappa shape index (κ1) is 14.5. The highest BCUT2D eigenvalue weighted by atomic mass is 16.7. The van der Waals surface area contributed by atoms with Crippen LogP contribution in [0.2, 0.25) is 0 Å². The second kappa shape index (κ2) is 6.37. The molecule has 1 aromatic carbocycles. The van der Waals surface area contributed by atoms with Gasteiger partial charge < -0.3 is 19.9 Å². The summed E-state index contributed by atoms with van der Waals surface area (Å²) in [5.74, 6) is -0.364. The van der Waals surface area contributed by atoms with Gasteiger partial charge in [-0.2, -0.15) is 0 Å². The van der Waals surface area contributed by atoms with E-state index in [0.717, 1.165) is 0 Å². The van der Waals surface area contributed by atoms with Gasteiger partial charge in [-0.15, -0.1) is 0 Å². The molecule has 0 aliphatic carbocycles. The van der Waals surface area contributed by atoms with Gasteiger partial charge in [-0.1, -0.05) is 12.1 Å². The molecule has 0 bridgehead atoms. The molecule has 1 rings (SSSR count). The largest absolute Gasteiger partial charge is 0.507 e. The molecule has 0 aliphatic rings. The molecule has 18 heavy (non-hydrogen) atoms. The highest BCUT2D eigenvalue weighted by Crippen LogP contribution is 2.21. The number of methoxy groups -OCH3 is 2. The van der Waals surface area contributed by atoms with Gasteiger partial charge in [0.05, 0.1) is 11.6 Å². The molecule has 1 amide bonds. The lowest BCUT2D eigenvalue weighted by atomic mass is 10.1. The molecule has 0 aromatic heterocycles. The maximum atomic E-state index is 12.0. The Morgan fingerprint density at radius 3 is 2.50 bits per heavy atom. The third-order valence-corrected chi connectivity index (χ3v) is 2.71. The minimum absolute atomic E-state index is 0.00594. The number of hydrogen-bond acceptors (Lipinski definition) is 4. The van der Waals surface area contributed by atoms with Crippen molar-refractivity contribution in [2.24, 2.45) is 0 Å². The van der Waals surface area contributed by atoms with E-state index in [1.54, 1.807) is 32.0 Å². The summed E-state index contributed by atoms with van der Waals surface area (Å²) in [7, 11) is 3.00. The first-order valence-corrected chi connectivity index (χ1v) is 5.66. The molecule has 1 aromatic rings. The molecule has 0 heterocycles. The Morgan fingerprint density at radius 1 is 1.33 bits per heavy atom. The molecule has 1 unspecified atom stereocenters. The van der Waals surface area contributed by atoms with Crippen LogP contribution in [0.25, 0.3) is 0 Å². The Labute approximate surface area is 107 Å². The number of phenols is 1. The van der Waals surface area contributed by atoms with Crippen LogP contribution in [-0.2, 0) is 9.47 Å². The predicted octanol–water partition coefficient (Wildman–Crippen LogP) is 1.44. The van der Waals surface area contributed by atoms with Crippen molar-refractivity contribution >= 4 is 5.91 Å². The van der Waals surface area contributed by atoms with Gasteiger partial charge in [0.25, 0.3) is 5.91 Å². The van der Waals surface area contributed by atoms with Crippen LogP contribution in [0.5, 0.6) is 5.75 Å². The van der Waals surface area contributed by atoms with Gasteiger partial charge in [0.2, 0.25) is 0 Å². The van der Waals surface area contributed by atoms with E-state index in [2.05, 4.69) is 5.32 Å². The maximum Gasteiger partial charge on any atom is 0.255 e. The van der Waals surface area contributed by atoms with Gasteiger partial charge in [0, 0.05) is 14.2 Å². The summed E-state index contributed by atoms with van der Waals surface area (Å²) >= 11 is 0. The van der Waals surface area contributed by atoms with Crippen LogP contribution in [-0.4, -0.2) is 37.6 Å². The number of para-hydroxylation sites is 1. The topological polar surface area (TPSA) is 67.8 Å². The first-order chi connectivity index (χ1) is 8.51. The molecular formula is C13H19NO4. The monoisotopic (exact) mass is 253 g/mol. The number of nitrogens with one attached hydrogen (secondary N) is 1. The summed E-state index contributed by atoms with van der Waals surface area (Å²) in [6, 6.07) is 4.70. The number of phenolic OH excluding ortho intramolecular Hbond substituents is 1. The zero-order chi connectivity index (χ0) is 13.7. The Bertz CT molecular complexity index is 415. The number of ether oxygens (including phenoxy) is 2. The van der Waals surface area contributed by atoms with Crippen molar-refractivity contribution in [3.63, 3.8) is 0 Å². The maximum absolute atomic E-state index is 12.0. The van der Waals surface area contributed by atoms with Crippen LogP contribution in [0.3, 0.4) is 0 Å². The first-order valence-electron chi connectivity index (χ1n) is 5.66. The van der Waals surface area contributed by atoms with Crippen molar-refractivity contribution in [1.82, 2.24) is 5.32 Å². The Hall–Kier alpha value is -1.59. The summed E-state index contributed by atoms with van der Waals surface area (Å²) in [5, 5.41) is 12.5. The SMILES string of the molecule is COC(OC)C(C)NC(=O)c1cccc(C)c1O. The molecule has 1 atom stereocenters. The van der Waals surface area contributed by atoms with Crippen LogP contribution in [0, 0.1) is 6.92 Å². The zero-order valence-electron chi connectivity index (χ0n) is 11.1. The van der Waals surface area contributed by atoms with Crippen LogP contribution in [0.1, 0.15) is 22.8 Å². The molecule has 0 radical (unpaired) electrons. The number of carbonyl (C=O) groups excluding carboxylic acids is 1. The van der Waals surface area contributed by atoms with Crippen LogP contribution in [0.15, 0.2) is 18.2 Å². The number of amides is 1. The molecule has 0 spiro atoms. The Kier molecular flexibility index (Phi) is 5.12. The highest BCUT2D eigenvalue weighted by molar-refractivity contribution is 5.97. The van der Waals surface area contributed by atoms with E-state index in [4.69, 9.17) is 9.47 Å². The molecule has 0 fully saturated rings. The predicted molar refractivity (Wildman–Crippen MR) is 67.6 cm³/mol. The van der Waals surface area contributed by atoms with E-state index in [-0.39, 0.29) is 23.3 Å². The van der Waals surface area contributed by atoms with Crippen LogP contribution in [0.4, 0.5) is 0 Å². The van der Waals surface area contributed by atoms with Crippen LogP contribution < -0.4 is 5.32 Å². The van der Waals surface area contributed by atoms with Crippen LogP contribution >= 0.6 is 0 Å². The second-order valence-electron chi connectivity index (χ2n) is 4.07. The van der Waals surface area contributed by atoms with Crippen molar-refractivity contribution < 1.29 is 19.4 Å². The van der Waals surface area contributed by atoms with Crippen molar-refractivity contribution in [3.05, 3.63) is 29.3 Å². The number of benzene rings is 1. The highest BCUT2D eigenvalue weighted by Gasteiger charge is 2.20. The molecule has 0 aliphatic heterocycles. The van der Waals surface area contributed by atoms with Crippen molar-refractivity contribution in [2.75, 3.05) is 14.2 Å². The average Bonchev–Trinajstić information content (AvgIpc) is 2.34. The normalized spacial score (nSPS) is 12.5. The van der Waals surface area contributed by atoms with E-state index in [1.807, 2.05) is 0 Å². The van der Waals surface area contributed by atoms with E-state index in [1.165, 1.54) is 14.2 Å². The van der Waals surface area contributed by atoms with Crippen molar-refractivity contribution in [3.8, 4) is 5.75 Å². The van der Waals surface area contributed by atoms with Gasteiger partial charge in [0.1, 0.15) is 5.75 Å². The van der Waals surface area contributed by atoms with Gasteiger partial charge >= 0.3 is 0 Å². The van der Waals surface area contributed by atoms with E-state index in [9.17, 15) is 9.90 Å². The number of rotatable bonds is 5. The summed E-state index contributed by atoms with van der Waals surface area (Å²) in [4.78, 5) is 12.0. The van der Waals surface area contributed by atoms with E-state index >= 15 is 0 Å². The van der Waals surface area contributed by atoms with Crippen molar-refractivity contribution in [1.29, 1.82) is 0 Å². The Balaban J connectivity index is 2.79. The second-order valence-corrected chi connectivity index (χ2v) is 4.07. The van der Waals surface area contributed by atoms with Gasteiger partial charge in [-0.05, 0) is 25.5 Å². The third-order valence-electron chi connectivity index (χ3n) is 2.71. The lowest BCUT2D eigenvalue weighted by Crippen LogP contribution is -2.42. The lowest BCUT2D eigenvalue weighted by Gasteiger charge is -2.22. The minimum atomic E-state index is -0.527. The smallest absolute Gasteiger partial charge is 0.255 e.